The van der Waals surface area contributed by atoms with E-state index in [0.29, 0.717) is 6.04 Å². The van der Waals surface area contributed by atoms with Crippen LogP contribution in [0.4, 0.5) is 5.82 Å². The summed E-state index contributed by atoms with van der Waals surface area (Å²) in [6.07, 6.45) is 3.59. The first-order valence-corrected chi connectivity index (χ1v) is 6.34. The maximum atomic E-state index is 8.92. The molecule has 6 nitrogen and oxygen atoms in total. The van der Waals surface area contributed by atoms with E-state index in [1.807, 2.05) is 18.7 Å². The zero-order chi connectivity index (χ0) is 13.3. The first kappa shape index (κ1) is 12.7. The number of oxime groups is 1. The van der Waals surface area contributed by atoms with Gasteiger partial charge in [0.2, 0.25) is 0 Å². The lowest BCUT2D eigenvalue weighted by Gasteiger charge is -2.35. The van der Waals surface area contributed by atoms with Gasteiger partial charge in [0.25, 0.3) is 0 Å². The molecule has 0 bridgehead atoms. The second-order valence-electron chi connectivity index (χ2n) is 4.93. The Morgan fingerprint density at radius 2 is 2.22 bits per heavy atom. The number of piperidine rings is 1. The number of amidine groups is 1. The zero-order valence-corrected chi connectivity index (χ0v) is 11.2. The predicted octanol–water partition coefficient (Wildman–Crippen LogP) is 1.20. The van der Waals surface area contributed by atoms with E-state index in [1.54, 1.807) is 0 Å². The van der Waals surface area contributed by atoms with Crippen molar-refractivity contribution in [3.8, 4) is 0 Å². The molecular weight excluding hydrogens is 230 g/mol. The maximum absolute atomic E-state index is 8.92. The Hall–Kier alpha value is -1.72. The van der Waals surface area contributed by atoms with Crippen LogP contribution in [0.15, 0.2) is 5.16 Å². The number of aryl methyl sites for hydroxylation is 2. The van der Waals surface area contributed by atoms with Gasteiger partial charge in [-0.3, -0.25) is 4.68 Å². The third-order valence-corrected chi connectivity index (χ3v) is 3.63. The van der Waals surface area contributed by atoms with Crippen molar-refractivity contribution < 1.29 is 5.21 Å². The molecule has 0 aliphatic carbocycles. The van der Waals surface area contributed by atoms with Crippen LogP contribution in [0.5, 0.6) is 0 Å². The normalized spacial score (nSPS) is 21.4. The minimum atomic E-state index is 0.133. The highest BCUT2D eigenvalue weighted by atomic mass is 16.4. The molecule has 2 heterocycles. The summed E-state index contributed by atoms with van der Waals surface area (Å²) in [5, 5.41) is 16.4. The molecule has 0 aromatic carbocycles. The highest BCUT2D eigenvalue weighted by molar-refractivity contribution is 6.02. The Kier molecular flexibility index (Phi) is 3.45. The van der Waals surface area contributed by atoms with Crippen LogP contribution in [0.3, 0.4) is 0 Å². The lowest BCUT2D eigenvalue weighted by atomic mass is 10.0. The van der Waals surface area contributed by atoms with Crippen molar-refractivity contribution in [1.82, 2.24) is 9.78 Å². The standard InChI is InChI=1S/C12H21N5O/c1-8-6-4-5-7-17(8)12-10(11(13)15-18)9(2)14-16(12)3/h8,18H,4-7H2,1-3H3,(H2,13,15). The van der Waals surface area contributed by atoms with Crippen LogP contribution in [0.25, 0.3) is 0 Å². The molecular formula is C12H21N5O. The molecule has 1 aromatic rings. The lowest BCUT2D eigenvalue weighted by molar-refractivity contribution is 0.318. The molecule has 0 spiro atoms. The summed E-state index contributed by atoms with van der Waals surface area (Å²) in [7, 11) is 1.90. The van der Waals surface area contributed by atoms with E-state index in [1.165, 1.54) is 19.3 Å². The molecule has 1 aliphatic heterocycles. The van der Waals surface area contributed by atoms with Gasteiger partial charge in [-0.2, -0.15) is 5.10 Å². The van der Waals surface area contributed by atoms with Crippen molar-refractivity contribution in [3.63, 3.8) is 0 Å². The first-order valence-electron chi connectivity index (χ1n) is 6.34. The number of rotatable bonds is 2. The SMILES string of the molecule is Cc1nn(C)c(N2CCCCC2C)c1C(N)=NO. The van der Waals surface area contributed by atoms with Gasteiger partial charge in [0.05, 0.1) is 11.3 Å². The molecule has 1 unspecified atom stereocenters. The second kappa shape index (κ2) is 4.88. The van der Waals surface area contributed by atoms with Gasteiger partial charge in [-0.1, -0.05) is 5.16 Å². The van der Waals surface area contributed by atoms with Crippen molar-refractivity contribution >= 4 is 11.7 Å². The summed E-state index contributed by atoms with van der Waals surface area (Å²) >= 11 is 0. The predicted molar refractivity (Wildman–Crippen MR) is 71.1 cm³/mol. The average molecular weight is 251 g/mol. The minimum absolute atomic E-state index is 0.133. The van der Waals surface area contributed by atoms with E-state index in [-0.39, 0.29) is 5.84 Å². The van der Waals surface area contributed by atoms with Crippen molar-refractivity contribution in [1.29, 1.82) is 0 Å². The van der Waals surface area contributed by atoms with Gasteiger partial charge in [0.15, 0.2) is 5.84 Å². The molecule has 1 aromatic heterocycles. The fraction of sp³-hybridized carbons (Fsp3) is 0.667. The van der Waals surface area contributed by atoms with Crippen LogP contribution >= 0.6 is 0 Å². The number of nitrogens with zero attached hydrogens (tertiary/aromatic N) is 4. The van der Waals surface area contributed by atoms with Crippen molar-refractivity contribution in [2.45, 2.75) is 39.2 Å². The number of aromatic nitrogens is 2. The summed E-state index contributed by atoms with van der Waals surface area (Å²) in [4.78, 5) is 2.30. The Morgan fingerprint density at radius 3 is 2.83 bits per heavy atom. The van der Waals surface area contributed by atoms with E-state index in [2.05, 4.69) is 22.1 Å². The van der Waals surface area contributed by atoms with E-state index >= 15 is 0 Å². The number of hydrogen-bond donors (Lipinski definition) is 2. The summed E-state index contributed by atoms with van der Waals surface area (Å²) in [5.74, 6) is 1.09. The second-order valence-corrected chi connectivity index (χ2v) is 4.93. The molecule has 1 aliphatic rings. The fourth-order valence-corrected chi connectivity index (χ4v) is 2.74. The topological polar surface area (TPSA) is 79.7 Å². The number of anilines is 1. The molecule has 2 rings (SSSR count). The van der Waals surface area contributed by atoms with E-state index in [4.69, 9.17) is 10.9 Å². The highest BCUT2D eigenvalue weighted by Gasteiger charge is 2.27. The van der Waals surface area contributed by atoms with Crippen LogP contribution in [-0.4, -0.2) is 33.4 Å². The molecule has 18 heavy (non-hydrogen) atoms. The van der Waals surface area contributed by atoms with Crippen molar-refractivity contribution in [2.24, 2.45) is 17.9 Å². The van der Waals surface area contributed by atoms with Gasteiger partial charge in [-0.05, 0) is 33.1 Å². The molecule has 1 saturated heterocycles. The van der Waals surface area contributed by atoms with E-state index < -0.39 is 0 Å². The summed E-state index contributed by atoms with van der Waals surface area (Å²) < 4.78 is 1.82. The van der Waals surface area contributed by atoms with E-state index in [9.17, 15) is 0 Å². The largest absolute Gasteiger partial charge is 0.409 e. The highest BCUT2D eigenvalue weighted by Crippen LogP contribution is 2.29. The Balaban J connectivity index is 2.48. The molecule has 0 radical (unpaired) electrons. The molecule has 6 heteroatoms. The molecule has 1 fully saturated rings. The Bertz CT molecular complexity index is 465. The van der Waals surface area contributed by atoms with Crippen molar-refractivity contribution in [3.05, 3.63) is 11.3 Å². The molecule has 0 saturated carbocycles. The van der Waals surface area contributed by atoms with Crippen LogP contribution in [0.2, 0.25) is 0 Å². The fourth-order valence-electron chi connectivity index (χ4n) is 2.74. The summed E-state index contributed by atoms with van der Waals surface area (Å²) in [6.45, 7) is 5.08. The first-order chi connectivity index (χ1) is 8.56. The Morgan fingerprint density at radius 1 is 1.50 bits per heavy atom. The third kappa shape index (κ3) is 2.02. The molecule has 1 atom stereocenters. The van der Waals surface area contributed by atoms with Crippen LogP contribution in [-0.2, 0) is 7.05 Å². The number of nitrogens with two attached hydrogens (primary N) is 1. The summed E-state index contributed by atoms with van der Waals surface area (Å²) in [6, 6.07) is 0.457. The van der Waals surface area contributed by atoms with Gasteiger partial charge < -0.3 is 15.8 Å². The maximum Gasteiger partial charge on any atom is 0.175 e. The van der Waals surface area contributed by atoms with Gasteiger partial charge in [0.1, 0.15) is 5.82 Å². The quantitative estimate of drug-likeness (QED) is 0.358. The minimum Gasteiger partial charge on any atom is -0.409 e. The van der Waals surface area contributed by atoms with Gasteiger partial charge in [-0.15, -0.1) is 0 Å². The van der Waals surface area contributed by atoms with Gasteiger partial charge >= 0.3 is 0 Å². The Labute approximate surface area is 107 Å². The average Bonchev–Trinajstić information content (AvgIpc) is 2.64. The van der Waals surface area contributed by atoms with Gasteiger partial charge in [0, 0.05) is 19.6 Å². The molecule has 3 N–H and O–H groups in total. The van der Waals surface area contributed by atoms with E-state index in [0.717, 1.165) is 23.6 Å². The van der Waals surface area contributed by atoms with Crippen LogP contribution < -0.4 is 10.6 Å². The number of hydrogen-bond acceptors (Lipinski definition) is 4. The third-order valence-electron chi connectivity index (χ3n) is 3.63. The molecule has 100 valence electrons. The van der Waals surface area contributed by atoms with Crippen LogP contribution in [0, 0.1) is 6.92 Å². The zero-order valence-electron chi connectivity index (χ0n) is 11.2. The van der Waals surface area contributed by atoms with Gasteiger partial charge in [-0.25, -0.2) is 0 Å². The van der Waals surface area contributed by atoms with Crippen molar-refractivity contribution in [2.75, 3.05) is 11.4 Å². The smallest absolute Gasteiger partial charge is 0.175 e. The molecule has 0 amide bonds. The monoisotopic (exact) mass is 251 g/mol. The van der Waals surface area contributed by atoms with Crippen LogP contribution in [0.1, 0.15) is 37.4 Å². The summed E-state index contributed by atoms with van der Waals surface area (Å²) in [5.41, 5.74) is 7.32. The lowest BCUT2D eigenvalue weighted by Crippen LogP contribution is -2.39.